The lowest BCUT2D eigenvalue weighted by molar-refractivity contribution is -0.139. The van der Waals surface area contributed by atoms with Gasteiger partial charge in [0.1, 0.15) is 0 Å². The van der Waals surface area contributed by atoms with Crippen LogP contribution in [-0.4, -0.2) is 41.8 Å². The van der Waals surface area contributed by atoms with Crippen molar-refractivity contribution in [2.24, 2.45) is 5.92 Å². The zero-order chi connectivity index (χ0) is 17.7. The van der Waals surface area contributed by atoms with Gasteiger partial charge >= 0.3 is 0 Å². The highest BCUT2D eigenvalue weighted by Gasteiger charge is 2.34. The van der Waals surface area contributed by atoms with E-state index in [4.69, 9.17) is 0 Å². The first-order valence-electron chi connectivity index (χ1n) is 8.30. The largest absolute Gasteiger partial charge is 0.345 e. The maximum Gasteiger partial charge on any atom is 0.243 e. The SMILES string of the molecule is Cc1ccc(NC(=O)CNC(=O)CN(C(=O)C(C)C)C2CC2)cc1. The third-order valence-corrected chi connectivity index (χ3v) is 3.86. The summed E-state index contributed by atoms with van der Waals surface area (Å²) in [5.74, 6) is -0.754. The van der Waals surface area contributed by atoms with Gasteiger partial charge in [0.15, 0.2) is 0 Å². The molecule has 0 aliphatic heterocycles. The molecule has 3 amide bonds. The Morgan fingerprint density at radius 1 is 1.12 bits per heavy atom. The summed E-state index contributed by atoms with van der Waals surface area (Å²) in [7, 11) is 0. The van der Waals surface area contributed by atoms with Crippen LogP contribution in [-0.2, 0) is 14.4 Å². The molecule has 1 aromatic rings. The van der Waals surface area contributed by atoms with E-state index < -0.39 is 0 Å². The van der Waals surface area contributed by atoms with Gasteiger partial charge in [0.2, 0.25) is 17.7 Å². The minimum atomic E-state index is -0.310. The number of nitrogens with one attached hydrogen (secondary N) is 2. The number of hydrogen-bond donors (Lipinski definition) is 2. The molecule has 24 heavy (non-hydrogen) atoms. The summed E-state index contributed by atoms with van der Waals surface area (Å²) in [4.78, 5) is 37.7. The summed E-state index contributed by atoms with van der Waals surface area (Å²) >= 11 is 0. The second kappa shape index (κ2) is 7.95. The normalized spacial score (nSPS) is 13.5. The molecule has 0 radical (unpaired) electrons. The number of benzene rings is 1. The molecule has 0 spiro atoms. The average Bonchev–Trinajstić information content (AvgIpc) is 3.37. The average molecular weight is 331 g/mol. The molecule has 2 rings (SSSR count). The van der Waals surface area contributed by atoms with Crippen molar-refractivity contribution in [2.75, 3.05) is 18.4 Å². The molecule has 2 N–H and O–H groups in total. The zero-order valence-electron chi connectivity index (χ0n) is 14.5. The second-order valence-corrected chi connectivity index (χ2v) is 6.54. The molecular formula is C18H25N3O3. The van der Waals surface area contributed by atoms with Crippen LogP contribution in [0.4, 0.5) is 5.69 Å². The summed E-state index contributed by atoms with van der Waals surface area (Å²) in [5.41, 5.74) is 1.80. The van der Waals surface area contributed by atoms with Gasteiger partial charge in [-0.15, -0.1) is 0 Å². The molecule has 0 saturated heterocycles. The van der Waals surface area contributed by atoms with Crippen molar-refractivity contribution < 1.29 is 14.4 Å². The molecule has 1 aliphatic carbocycles. The highest BCUT2D eigenvalue weighted by atomic mass is 16.2. The van der Waals surface area contributed by atoms with Gasteiger partial charge < -0.3 is 15.5 Å². The van der Waals surface area contributed by atoms with Gasteiger partial charge in [-0.25, -0.2) is 0 Å². The first-order chi connectivity index (χ1) is 11.4. The Labute approximate surface area is 142 Å². The topological polar surface area (TPSA) is 78.5 Å². The lowest BCUT2D eigenvalue weighted by Gasteiger charge is -2.23. The second-order valence-electron chi connectivity index (χ2n) is 6.54. The molecule has 0 bridgehead atoms. The van der Waals surface area contributed by atoms with Gasteiger partial charge in [-0.1, -0.05) is 31.5 Å². The molecule has 1 aromatic carbocycles. The molecule has 130 valence electrons. The summed E-state index contributed by atoms with van der Waals surface area (Å²) in [6.45, 7) is 5.52. The van der Waals surface area contributed by atoms with Crippen molar-refractivity contribution in [1.29, 1.82) is 0 Å². The third kappa shape index (κ3) is 5.37. The minimum Gasteiger partial charge on any atom is -0.345 e. The number of rotatable bonds is 7. The summed E-state index contributed by atoms with van der Waals surface area (Å²) in [6, 6.07) is 7.60. The van der Waals surface area contributed by atoms with Crippen LogP contribution in [0.15, 0.2) is 24.3 Å². The lowest BCUT2D eigenvalue weighted by atomic mass is 10.2. The summed E-state index contributed by atoms with van der Waals surface area (Å²) in [5, 5.41) is 5.30. The van der Waals surface area contributed by atoms with E-state index in [1.165, 1.54) is 0 Å². The van der Waals surface area contributed by atoms with Crippen molar-refractivity contribution in [3.05, 3.63) is 29.8 Å². The maximum absolute atomic E-state index is 12.1. The van der Waals surface area contributed by atoms with Gasteiger partial charge in [0.05, 0.1) is 13.1 Å². The first-order valence-corrected chi connectivity index (χ1v) is 8.30. The molecule has 1 fully saturated rings. The van der Waals surface area contributed by atoms with Crippen LogP contribution in [0.2, 0.25) is 0 Å². The minimum absolute atomic E-state index is 0.0134. The number of carbonyl (C=O) groups is 3. The van der Waals surface area contributed by atoms with E-state index in [1.54, 1.807) is 4.90 Å². The number of aryl methyl sites for hydroxylation is 1. The molecular weight excluding hydrogens is 306 g/mol. The van der Waals surface area contributed by atoms with Crippen LogP contribution >= 0.6 is 0 Å². The van der Waals surface area contributed by atoms with E-state index in [0.717, 1.165) is 18.4 Å². The molecule has 6 heteroatoms. The van der Waals surface area contributed by atoms with E-state index in [-0.39, 0.29) is 42.8 Å². The molecule has 1 saturated carbocycles. The van der Waals surface area contributed by atoms with Crippen LogP contribution in [0, 0.1) is 12.8 Å². The maximum atomic E-state index is 12.1. The summed E-state index contributed by atoms with van der Waals surface area (Å²) < 4.78 is 0. The van der Waals surface area contributed by atoms with Crippen LogP contribution < -0.4 is 10.6 Å². The fourth-order valence-corrected chi connectivity index (χ4v) is 2.34. The van der Waals surface area contributed by atoms with Crippen LogP contribution in [0.25, 0.3) is 0 Å². The Bertz CT molecular complexity index is 606. The van der Waals surface area contributed by atoms with Crippen LogP contribution in [0.1, 0.15) is 32.3 Å². The number of nitrogens with zero attached hydrogens (tertiary/aromatic N) is 1. The highest BCUT2D eigenvalue weighted by molar-refractivity contribution is 5.95. The predicted molar refractivity (Wildman–Crippen MR) is 92.4 cm³/mol. The van der Waals surface area contributed by atoms with Gasteiger partial charge in [-0.05, 0) is 31.9 Å². The van der Waals surface area contributed by atoms with Gasteiger partial charge in [0.25, 0.3) is 0 Å². The van der Waals surface area contributed by atoms with E-state index in [0.29, 0.717) is 5.69 Å². The third-order valence-electron chi connectivity index (χ3n) is 3.86. The quantitative estimate of drug-likeness (QED) is 0.798. The van der Waals surface area contributed by atoms with Crippen molar-refractivity contribution in [2.45, 2.75) is 39.7 Å². The molecule has 0 unspecified atom stereocenters. The smallest absolute Gasteiger partial charge is 0.243 e. The van der Waals surface area contributed by atoms with Crippen molar-refractivity contribution in [1.82, 2.24) is 10.2 Å². The fraction of sp³-hybridized carbons (Fsp3) is 0.500. The monoisotopic (exact) mass is 331 g/mol. The van der Waals surface area contributed by atoms with E-state index in [2.05, 4.69) is 10.6 Å². The van der Waals surface area contributed by atoms with E-state index >= 15 is 0 Å². The molecule has 6 nitrogen and oxygen atoms in total. The molecule has 0 heterocycles. The number of carbonyl (C=O) groups excluding carboxylic acids is 3. The lowest BCUT2D eigenvalue weighted by Crippen LogP contribution is -2.45. The first kappa shape index (κ1) is 18.0. The number of anilines is 1. The Morgan fingerprint density at radius 2 is 1.75 bits per heavy atom. The van der Waals surface area contributed by atoms with Crippen LogP contribution in [0.3, 0.4) is 0 Å². The molecule has 0 aromatic heterocycles. The van der Waals surface area contributed by atoms with E-state index in [1.807, 2.05) is 45.0 Å². The van der Waals surface area contributed by atoms with Crippen LogP contribution in [0.5, 0.6) is 0 Å². The Morgan fingerprint density at radius 3 is 2.29 bits per heavy atom. The fourth-order valence-electron chi connectivity index (χ4n) is 2.34. The number of amides is 3. The van der Waals surface area contributed by atoms with Crippen molar-refractivity contribution >= 4 is 23.4 Å². The molecule has 1 aliphatic rings. The standard InChI is InChI=1S/C18H25N3O3/c1-12(2)18(24)21(15-8-9-15)11-17(23)19-10-16(22)20-14-6-4-13(3)5-7-14/h4-7,12,15H,8-11H2,1-3H3,(H,19,23)(H,20,22). The Kier molecular flexibility index (Phi) is 5.95. The van der Waals surface area contributed by atoms with Gasteiger partial charge in [-0.3, -0.25) is 14.4 Å². The zero-order valence-corrected chi connectivity index (χ0v) is 14.5. The molecule has 0 atom stereocenters. The summed E-state index contributed by atoms with van der Waals surface area (Å²) in [6.07, 6.45) is 1.89. The van der Waals surface area contributed by atoms with E-state index in [9.17, 15) is 14.4 Å². The Balaban J connectivity index is 1.78. The van der Waals surface area contributed by atoms with Crippen molar-refractivity contribution in [3.63, 3.8) is 0 Å². The van der Waals surface area contributed by atoms with Gasteiger partial charge in [0, 0.05) is 17.6 Å². The van der Waals surface area contributed by atoms with Gasteiger partial charge in [-0.2, -0.15) is 0 Å². The number of hydrogen-bond acceptors (Lipinski definition) is 3. The predicted octanol–water partition coefficient (Wildman–Crippen LogP) is 1.70. The van der Waals surface area contributed by atoms with Crippen molar-refractivity contribution in [3.8, 4) is 0 Å². The highest BCUT2D eigenvalue weighted by Crippen LogP contribution is 2.27. The Hall–Kier alpha value is -2.37.